The number of carbonyl (C=O) groups excluding carboxylic acids is 1. The lowest BCUT2D eigenvalue weighted by molar-refractivity contribution is -0.143. The summed E-state index contributed by atoms with van der Waals surface area (Å²) in [7, 11) is 1.60. The molecule has 1 fully saturated rings. The molecule has 1 aliphatic heterocycles. The van der Waals surface area contributed by atoms with Crippen molar-refractivity contribution < 1.29 is 23.9 Å². The van der Waals surface area contributed by atoms with Gasteiger partial charge in [0.25, 0.3) is 0 Å². The Morgan fingerprint density at radius 1 is 1.26 bits per heavy atom. The standard InChI is InChI=1S/C16H27NO3S.C4H10O2.2C2H6/c1-6-8-9-13(12-21-19-5)15(18)20-14-10-16(3,4)17(7-2)11-14;1-4(2,6)3-5;2*1-2/h6,8-9,14H,7,10-12H2,1-5H3;5-6H,3H2,1-2H3;2*1-2H3/b8-6-,13-9+;;;. The number of rotatable bonds is 8. The van der Waals surface area contributed by atoms with Crippen LogP contribution in [0.2, 0.25) is 0 Å². The topological polar surface area (TPSA) is 79.2 Å². The van der Waals surface area contributed by atoms with E-state index in [1.165, 1.54) is 12.0 Å². The second-order valence-electron chi connectivity index (χ2n) is 7.70. The number of esters is 1. The zero-order chi connectivity index (χ0) is 25.1. The second-order valence-corrected chi connectivity index (χ2v) is 8.56. The summed E-state index contributed by atoms with van der Waals surface area (Å²) in [6.07, 6.45) is 6.38. The van der Waals surface area contributed by atoms with E-state index >= 15 is 0 Å². The Morgan fingerprint density at radius 2 is 1.77 bits per heavy atom. The van der Waals surface area contributed by atoms with Gasteiger partial charge in [0, 0.05) is 24.1 Å². The van der Waals surface area contributed by atoms with Crippen molar-refractivity contribution in [3.63, 3.8) is 0 Å². The number of carbonyl (C=O) groups is 1. The number of likely N-dealkylation sites (N-methyl/N-ethyl adjacent to an activating group) is 1. The molecule has 0 aliphatic carbocycles. The van der Waals surface area contributed by atoms with Gasteiger partial charge in [-0.2, -0.15) is 0 Å². The predicted octanol–water partition coefficient (Wildman–Crippen LogP) is 5.00. The van der Waals surface area contributed by atoms with E-state index in [0.717, 1.165) is 19.5 Å². The number of nitrogens with zero attached hydrogens (tertiary/aromatic N) is 1. The number of allylic oxidation sites excluding steroid dienone is 3. The van der Waals surface area contributed by atoms with Crippen molar-refractivity contribution in [2.75, 3.05) is 32.6 Å². The first-order chi connectivity index (χ1) is 14.5. The minimum atomic E-state index is -0.903. The summed E-state index contributed by atoms with van der Waals surface area (Å²) in [6, 6.07) is 0. The van der Waals surface area contributed by atoms with Gasteiger partial charge in [0.1, 0.15) is 6.10 Å². The van der Waals surface area contributed by atoms with Gasteiger partial charge in [0.05, 0.1) is 25.1 Å². The van der Waals surface area contributed by atoms with Crippen molar-refractivity contribution >= 4 is 18.0 Å². The quantitative estimate of drug-likeness (QED) is 0.227. The Morgan fingerprint density at radius 3 is 2.13 bits per heavy atom. The summed E-state index contributed by atoms with van der Waals surface area (Å²) in [5.74, 6) is 0.254. The highest BCUT2D eigenvalue weighted by molar-refractivity contribution is 7.94. The molecule has 0 bridgehead atoms. The van der Waals surface area contributed by atoms with Crippen molar-refractivity contribution in [1.29, 1.82) is 0 Å². The molecule has 0 aromatic carbocycles. The fourth-order valence-corrected chi connectivity index (χ4v) is 3.08. The van der Waals surface area contributed by atoms with Crippen LogP contribution in [-0.2, 0) is 13.7 Å². The molecular weight excluding hydrogens is 414 g/mol. The highest BCUT2D eigenvalue weighted by Crippen LogP contribution is 2.30. The Balaban J connectivity index is -0.000000663. The van der Waals surface area contributed by atoms with Crippen molar-refractivity contribution in [3.05, 3.63) is 23.8 Å². The van der Waals surface area contributed by atoms with Crippen LogP contribution in [0.4, 0.5) is 0 Å². The van der Waals surface area contributed by atoms with Crippen molar-refractivity contribution in [2.45, 2.75) is 92.9 Å². The van der Waals surface area contributed by atoms with Gasteiger partial charge in [0.2, 0.25) is 0 Å². The minimum Gasteiger partial charge on any atom is -0.458 e. The van der Waals surface area contributed by atoms with Crippen LogP contribution in [0.3, 0.4) is 0 Å². The van der Waals surface area contributed by atoms with E-state index < -0.39 is 5.60 Å². The van der Waals surface area contributed by atoms with Gasteiger partial charge in [0.15, 0.2) is 0 Å². The van der Waals surface area contributed by atoms with Crippen LogP contribution >= 0.6 is 12.0 Å². The first-order valence-electron chi connectivity index (χ1n) is 11.3. The van der Waals surface area contributed by atoms with Crippen LogP contribution in [0.15, 0.2) is 23.8 Å². The molecule has 7 heteroatoms. The molecule has 31 heavy (non-hydrogen) atoms. The molecule has 0 spiro atoms. The third kappa shape index (κ3) is 17.4. The second kappa shape index (κ2) is 19.8. The average Bonchev–Trinajstić information content (AvgIpc) is 3.03. The zero-order valence-electron chi connectivity index (χ0n) is 21.8. The van der Waals surface area contributed by atoms with Gasteiger partial charge in [-0.25, -0.2) is 4.79 Å². The minimum absolute atomic E-state index is 0.0333. The fraction of sp³-hybridized carbons (Fsp3) is 0.792. The van der Waals surface area contributed by atoms with Crippen molar-refractivity contribution in [2.24, 2.45) is 0 Å². The summed E-state index contributed by atoms with van der Waals surface area (Å²) in [6.45, 7) is 21.2. The van der Waals surface area contributed by atoms with Gasteiger partial charge in [-0.3, -0.25) is 4.90 Å². The number of hydrogen-bond acceptors (Lipinski definition) is 7. The molecular formula is C24H49NO5S. The van der Waals surface area contributed by atoms with Gasteiger partial charge in [-0.1, -0.05) is 52.8 Å². The van der Waals surface area contributed by atoms with E-state index in [2.05, 4.69) is 25.7 Å². The number of aliphatic hydroxyl groups excluding tert-OH is 1. The van der Waals surface area contributed by atoms with Gasteiger partial charge >= 0.3 is 5.97 Å². The first kappa shape index (κ1) is 34.7. The molecule has 1 rings (SSSR count). The van der Waals surface area contributed by atoms with Crippen LogP contribution in [0.5, 0.6) is 0 Å². The predicted molar refractivity (Wildman–Crippen MR) is 134 cm³/mol. The summed E-state index contributed by atoms with van der Waals surface area (Å²) >= 11 is 1.24. The third-order valence-electron chi connectivity index (χ3n) is 4.13. The van der Waals surface area contributed by atoms with E-state index in [-0.39, 0.29) is 24.2 Å². The highest BCUT2D eigenvalue weighted by Gasteiger charge is 2.39. The highest BCUT2D eigenvalue weighted by atomic mass is 32.2. The lowest BCUT2D eigenvalue weighted by Crippen LogP contribution is -2.37. The Kier molecular flexibility index (Phi) is 22.2. The molecule has 0 aromatic heterocycles. The maximum Gasteiger partial charge on any atom is 0.335 e. The first-order valence-corrected chi connectivity index (χ1v) is 12.2. The molecule has 2 N–H and O–H groups in total. The lowest BCUT2D eigenvalue weighted by atomic mass is 10.0. The van der Waals surface area contributed by atoms with E-state index in [1.54, 1.807) is 27.0 Å². The SMILES string of the molecule is C/C=C\C=C(/CSOC)C(=O)OC1CN(CC)C(C)(C)C1.CC.CC.CC(C)(O)CO. The number of hydrogen-bond donors (Lipinski definition) is 2. The van der Waals surface area contributed by atoms with Gasteiger partial charge in [-0.05, 0) is 53.2 Å². The van der Waals surface area contributed by atoms with Gasteiger partial charge in [-0.15, -0.1) is 0 Å². The smallest absolute Gasteiger partial charge is 0.335 e. The van der Waals surface area contributed by atoms with Crippen molar-refractivity contribution in [3.8, 4) is 0 Å². The maximum atomic E-state index is 12.3. The van der Waals surface area contributed by atoms with Gasteiger partial charge < -0.3 is 19.1 Å². The maximum absolute atomic E-state index is 12.3. The molecule has 0 amide bonds. The van der Waals surface area contributed by atoms with Crippen LogP contribution in [0, 0.1) is 0 Å². The molecule has 186 valence electrons. The fourth-order valence-electron chi connectivity index (χ4n) is 2.62. The molecule has 6 nitrogen and oxygen atoms in total. The van der Waals surface area contributed by atoms with E-state index in [0.29, 0.717) is 11.3 Å². The molecule has 1 heterocycles. The lowest BCUT2D eigenvalue weighted by Gasteiger charge is -2.29. The van der Waals surface area contributed by atoms with E-state index in [1.807, 2.05) is 46.8 Å². The third-order valence-corrected chi connectivity index (χ3v) is 4.80. The molecule has 1 unspecified atom stereocenters. The molecule has 1 atom stereocenters. The summed E-state index contributed by atoms with van der Waals surface area (Å²) in [4.78, 5) is 14.7. The van der Waals surface area contributed by atoms with Crippen LogP contribution < -0.4 is 0 Å². The number of ether oxygens (including phenoxy) is 1. The summed E-state index contributed by atoms with van der Waals surface area (Å²) in [5, 5.41) is 16.7. The number of aliphatic hydroxyl groups is 2. The van der Waals surface area contributed by atoms with E-state index in [9.17, 15) is 4.79 Å². The van der Waals surface area contributed by atoms with Crippen LogP contribution in [0.1, 0.15) is 75.7 Å². The van der Waals surface area contributed by atoms with Crippen LogP contribution in [0.25, 0.3) is 0 Å². The summed E-state index contributed by atoms with van der Waals surface area (Å²) < 4.78 is 10.7. The Labute approximate surface area is 196 Å². The Hall–Kier alpha value is -0.860. The number of likely N-dealkylation sites (tertiary alicyclic amines) is 1. The molecule has 0 aromatic rings. The Bertz CT molecular complexity index is 499. The van der Waals surface area contributed by atoms with Crippen molar-refractivity contribution in [1.82, 2.24) is 4.90 Å². The summed E-state index contributed by atoms with van der Waals surface area (Å²) in [5.41, 5.74) is -0.179. The molecule has 1 aliphatic rings. The molecule has 1 saturated heterocycles. The average molecular weight is 464 g/mol. The largest absolute Gasteiger partial charge is 0.458 e. The zero-order valence-corrected chi connectivity index (χ0v) is 22.6. The molecule has 0 saturated carbocycles. The monoisotopic (exact) mass is 463 g/mol. The normalized spacial score (nSPS) is 18.2. The molecule has 0 radical (unpaired) electrons. The van der Waals surface area contributed by atoms with E-state index in [4.69, 9.17) is 19.1 Å². The van der Waals surface area contributed by atoms with Crippen LogP contribution in [-0.4, -0.2) is 70.9 Å².